The summed E-state index contributed by atoms with van der Waals surface area (Å²) in [6, 6.07) is 0. The van der Waals surface area contributed by atoms with Crippen molar-refractivity contribution < 1.29 is 4.42 Å². The molecule has 0 aliphatic heterocycles. The Bertz CT molecular complexity index is 269. The van der Waals surface area contributed by atoms with Gasteiger partial charge in [-0.2, -0.15) is 10.0 Å². The van der Waals surface area contributed by atoms with Crippen LogP contribution in [0.1, 0.15) is 41.5 Å². The topological polar surface area (TPSA) is 26.0 Å². The Morgan fingerprint density at radius 3 is 1.73 bits per heavy atom. The minimum Gasteiger partial charge on any atom is -0.441 e. The fraction of sp³-hybridized carbons (Fsp3) is 0.750. The summed E-state index contributed by atoms with van der Waals surface area (Å²) in [5.74, 6) is 0. The fourth-order valence-corrected chi connectivity index (χ4v) is 7.56. The lowest BCUT2D eigenvalue weighted by molar-refractivity contribution is 0.445. The van der Waals surface area contributed by atoms with Gasteiger partial charge in [-0.05, 0) is 15.7 Å². The van der Waals surface area contributed by atoms with Gasteiger partial charge in [0, 0.05) is 0 Å². The van der Waals surface area contributed by atoms with Crippen LogP contribution in [0.4, 0.5) is 0 Å². The third-order valence-electron chi connectivity index (χ3n) is 3.05. The Morgan fingerprint density at radius 1 is 1.00 bits per heavy atom. The highest BCUT2D eigenvalue weighted by molar-refractivity contribution is 8.34. The second-order valence-electron chi connectivity index (χ2n) is 4.71. The number of nitrogens with zero attached hydrogens (tertiary/aromatic N) is 1. The Hall–Kier alpha value is -0.440. The average molecular weight is 229 g/mol. The van der Waals surface area contributed by atoms with Gasteiger partial charge < -0.3 is 4.42 Å². The van der Waals surface area contributed by atoms with Crippen LogP contribution < -0.4 is 0 Å². The summed E-state index contributed by atoms with van der Waals surface area (Å²) >= 11 is 0. The van der Waals surface area contributed by atoms with Gasteiger partial charge in [0.1, 0.15) is 6.26 Å². The van der Waals surface area contributed by atoms with Gasteiger partial charge in [0.25, 0.3) is 0 Å². The highest BCUT2D eigenvalue weighted by atomic mass is 32.3. The average Bonchev–Trinajstić information content (AvgIpc) is 2.55. The van der Waals surface area contributed by atoms with E-state index in [1.807, 2.05) is 0 Å². The third-order valence-corrected chi connectivity index (χ3v) is 8.54. The monoisotopic (exact) mass is 229 g/mol. The number of aromatic nitrogens is 1. The summed E-state index contributed by atoms with van der Waals surface area (Å²) in [5, 5.41) is 2.80. The summed E-state index contributed by atoms with van der Waals surface area (Å²) < 4.78 is 5.61. The molecule has 1 aromatic rings. The molecule has 0 N–H and O–H groups in total. The fourth-order valence-electron chi connectivity index (χ4n) is 2.62. The molecule has 0 spiro atoms. The van der Waals surface area contributed by atoms with Crippen molar-refractivity contribution >= 4 is 10.0 Å². The molecule has 0 atom stereocenters. The first-order valence-electron chi connectivity index (χ1n) is 5.63. The summed E-state index contributed by atoms with van der Waals surface area (Å²) in [6.45, 7) is 13.7. The highest BCUT2D eigenvalue weighted by Crippen LogP contribution is 2.65. The van der Waals surface area contributed by atoms with E-state index in [1.165, 1.54) is 0 Å². The number of oxazole rings is 1. The maximum absolute atomic E-state index is 5.61. The lowest BCUT2D eigenvalue weighted by Crippen LogP contribution is -2.29. The van der Waals surface area contributed by atoms with E-state index in [0.717, 1.165) is 5.22 Å². The van der Waals surface area contributed by atoms with E-state index < -0.39 is 10.0 Å². The van der Waals surface area contributed by atoms with Crippen LogP contribution in [-0.2, 0) is 0 Å². The van der Waals surface area contributed by atoms with Crippen LogP contribution in [0.5, 0.6) is 0 Å². The van der Waals surface area contributed by atoms with Crippen LogP contribution in [-0.4, -0.2) is 20.7 Å². The molecule has 0 saturated heterocycles. The molecule has 0 fully saturated rings. The maximum Gasteiger partial charge on any atom is 0.238 e. The first-order valence-corrected chi connectivity index (χ1v) is 7.45. The maximum atomic E-state index is 5.61. The summed E-state index contributed by atoms with van der Waals surface area (Å²) in [6.07, 6.45) is 3.47. The van der Waals surface area contributed by atoms with Gasteiger partial charge in [-0.1, -0.05) is 41.5 Å². The van der Waals surface area contributed by atoms with E-state index in [4.69, 9.17) is 4.42 Å². The van der Waals surface area contributed by atoms with E-state index >= 15 is 0 Å². The standard InChI is InChI=1S/C12H23NOS/c1-9(2)15(10(3)4,11(5)6)12-13-7-8-14-12/h7-11H,1-6H3. The van der Waals surface area contributed by atoms with E-state index in [1.54, 1.807) is 12.5 Å². The van der Waals surface area contributed by atoms with Crippen LogP contribution >= 0.6 is 10.0 Å². The van der Waals surface area contributed by atoms with Crippen molar-refractivity contribution in [2.75, 3.05) is 0 Å². The Labute approximate surface area is 94.8 Å². The number of hydrogen-bond donors (Lipinski definition) is 0. The van der Waals surface area contributed by atoms with Crippen LogP contribution in [0.15, 0.2) is 22.1 Å². The SMILES string of the molecule is CC(C)S(c1ncco1)(C(C)C)C(C)C. The zero-order chi connectivity index (χ0) is 11.6. The zero-order valence-electron chi connectivity index (χ0n) is 10.7. The largest absolute Gasteiger partial charge is 0.441 e. The van der Waals surface area contributed by atoms with Crippen molar-refractivity contribution in [2.45, 2.75) is 62.5 Å². The lowest BCUT2D eigenvalue weighted by Gasteiger charge is -2.48. The molecule has 1 heterocycles. The molecule has 0 radical (unpaired) electrons. The van der Waals surface area contributed by atoms with E-state index in [0.29, 0.717) is 15.7 Å². The predicted molar refractivity (Wildman–Crippen MR) is 67.8 cm³/mol. The highest BCUT2D eigenvalue weighted by Gasteiger charge is 2.39. The van der Waals surface area contributed by atoms with Crippen molar-refractivity contribution in [1.82, 2.24) is 4.98 Å². The molecular formula is C12H23NOS. The Kier molecular flexibility index (Phi) is 3.87. The van der Waals surface area contributed by atoms with Gasteiger partial charge in [-0.25, -0.2) is 4.98 Å². The molecule has 0 aromatic carbocycles. The Balaban J connectivity index is 3.27. The second kappa shape index (κ2) is 4.60. The van der Waals surface area contributed by atoms with Crippen molar-refractivity contribution in [2.24, 2.45) is 0 Å². The van der Waals surface area contributed by atoms with E-state index in [2.05, 4.69) is 46.5 Å². The first-order chi connectivity index (χ1) is 6.94. The molecule has 1 aromatic heterocycles. The molecule has 0 amide bonds. The van der Waals surface area contributed by atoms with Gasteiger partial charge >= 0.3 is 0 Å². The molecule has 88 valence electrons. The molecule has 0 unspecified atom stereocenters. The summed E-state index contributed by atoms with van der Waals surface area (Å²) in [4.78, 5) is 4.42. The van der Waals surface area contributed by atoms with E-state index in [9.17, 15) is 0 Å². The smallest absolute Gasteiger partial charge is 0.238 e. The van der Waals surface area contributed by atoms with Crippen molar-refractivity contribution in [3.05, 3.63) is 12.5 Å². The molecule has 0 aliphatic carbocycles. The van der Waals surface area contributed by atoms with Crippen molar-refractivity contribution in [1.29, 1.82) is 0 Å². The van der Waals surface area contributed by atoms with Crippen LogP contribution in [0, 0.1) is 0 Å². The number of hydrogen-bond acceptors (Lipinski definition) is 2. The summed E-state index contributed by atoms with van der Waals surface area (Å²) in [5.41, 5.74) is 0. The molecule has 3 heteroatoms. The zero-order valence-corrected chi connectivity index (χ0v) is 11.5. The molecule has 0 bridgehead atoms. The first kappa shape index (κ1) is 12.6. The van der Waals surface area contributed by atoms with Crippen LogP contribution in [0.25, 0.3) is 0 Å². The third kappa shape index (κ3) is 1.94. The molecule has 0 saturated carbocycles. The van der Waals surface area contributed by atoms with Gasteiger partial charge in [-0.15, -0.1) is 0 Å². The predicted octanol–water partition coefficient (Wildman–Crippen LogP) is 4.06. The molecule has 0 aliphatic rings. The normalized spacial score (nSPS) is 14.2. The molecule has 1 rings (SSSR count). The van der Waals surface area contributed by atoms with E-state index in [-0.39, 0.29) is 0 Å². The van der Waals surface area contributed by atoms with Crippen molar-refractivity contribution in [3.63, 3.8) is 0 Å². The van der Waals surface area contributed by atoms with Crippen molar-refractivity contribution in [3.8, 4) is 0 Å². The minimum atomic E-state index is -0.959. The van der Waals surface area contributed by atoms with Gasteiger partial charge in [0.2, 0.25) is 5.22 Å². The van der Waals surface area contributed by atoms with Crippen LogP contribution in [0.3, 0.4) is 0 Å². The lowest BCUT2D eigenvalue weighted by atomic mass is 10.5. The van der Waals surface area contributed by atoms with Gasteiger partial charge in [0.15, 0.2) is 0 Å². The Morgan fingerprint density at radius 2 is 1.47 bits per heavy atom. The van der Waals surface area contributed by atoms with Gasteiger partial charge in [0.05, 0.1) is 6.20 Å². The molecule has 2 nitrogen and oxygen atoms in total. The second-order valence-corrected chi connectivity index (χ2v) is 9.41. The van der Waals surface area contributed by atoms with Crippen LogP contribution in [0.2, 0.25) is 0 Å². The quantitative estimate of drug-likeness (QED) is 0.778. The molecular weight excluding hydrogens is 206 g/mol. The number of rotatable bonds is 4. The van der Waals surface area contributed by atoms with Gasteiger partial charge in [-0.3, -0.25) is 0 Å². The minimum absolute atomic E-state index is 0.608. The summed E-state index contributed by atoms with van der Waals surface area (Å²) in [7, 11) is -0.959. The molecule has 15 heavy (non-hydrogen) atoms.